The number of halogens is 4. The number of nitrogens with zero attached hydrogens (tertiary/aromatic N) is 2. The van der Waals surface area contributed by atoms with Gasteiger partial charge in [0.15, 0.2) is 0 Å². The zero-order chi connectivity index (χ0) is 35.7. The Hall–Kier alpha value is -5.34. The van der Waals surface area contributed by atoms with Crippen LogP contribution >= 0.6 is 0 Å². The van der Waals surface area contributed by atoms with E-state index in [1.165, 1.54) is 55.1 Å². The molecule has 6 aromatic rings. The highest BCUT2D eigenvalue weighted by molar-refractivity contribution is 7.92. The highest BCUT2D eigenvalue weighted by Gasteiger charge is 2.55. The molecule has 2 N–H and O–H groups in total. The van der Waals surface area contributed by atoms with E-state index in [0.717, 1.165) is 10.6 Å². The Morgan fingerprint density at radius 3 is 2.36 bits per heavy atom. The van der Waals surface area contributed by atoms with Crippen LogP contribution in [-0.4, -0.2) is 62.7 Å². The molecule has 0 aliphatic carbocycles. The molecular formula is C36H29F4N3O6S. The van der Waals surface area contributed by atoms with E-state index >= 15 is 0 Å². The third-order valence-electron chi connectivity index (χ3n) is 8.99. The summed E-state index contributed by atoms with van der Waals surface area (Å²) in [4.78, 5) is 13.3. The summed E-state index contributed by atoms with van der Waals surface area (Å²) < 4.78 is 96.6. The number of ether oxygens (including phenoxy) is 1. The van der Waals surface area contributed by atoms with E-state index in [-0.39, 0.29) is 28.3 Å². The molecular weight excluding hydrogens is 678 g/mol. The Morgan fingerprint density at radius 1 is 0.980 bits per heavy atom. The van der Waals surface area contributed by atoms with Crippen molar-refractivity contribution in [3.8, 4) is 39.5 Å². The molecule has 1 aliphatic heterocycles. The van der Waals surface area contributed by atoms with Crippen molar-refractivity contribution in [2.75, 3.05) is 31.3 Å². The monoisotopic (exact) mass is 707 g/mol. The van der Waals surface area contributed by atoms with Crippen LogP contribution < -0.4 is 14.4 Å². The number of benzene rings is 4. The van der Waals surface area contributed by atoms with E-state index in [2.05, 4.69) is 5.32 Å². The number of carbonyl (C=O) groups excluding carboxylic acids is 1. The number of amides is 1. The first-order valence-electron chi connectivity index (χ1n) is 15.3. The van der Waals surface area contributed by atoms with Gasteiger partial charge >= 0.3 is 6.18 Å². The van der Waals surface area contributed by atoms with Gasteiger partial charge < -0.3 is 24.1 Å². The van der Waals surface area contributed by atoms with Crippen molar-refractivity contribution < 1.29 is 45.0 Å². The molecule has 50 heavy (non-hydrogen) atoms. The first kappa shape index (κ1) is 33.2. The predicted molar refractivity (Wildman–Crippen MR) is 181 cm³/mol. The van der Waals surface area contributed by atoms with E-state index in [9.17, 15) is 35.9 Å². The number of aliphatic hydroxyl groups is 1. The molecule has 1 unspecified atom stereocenters. The lowest BCUT2D eigenvalue weighted by atomic mass is 9.95. The molecule has 7 rings (SSSR count). The standard InChI is InChI=1S/C36H29F4N3O6S/c1-41-34(44)32-26-16-24(28(42(2)50(3,46)47)17-31(26)49-33(32)20-8-11-23(37)12-9-20)21-10-13-30-25(14-21)29-15-22-6-4-5-7-27(22)43(29)18-35(45,19-48-30)36(38,39)40/h4-17,45H,18-19H2,1-3H3,(H,41,44). The number of aromatic nitrogens is 1. The summed E-state index contributed by atoms with van der Waals surface area (Å²) in [6.07, 6.45) is -3.98. The van der Waals surface area contributed by atoms with Crippen molar-refractivity contribution in [3.05, 3.63) is 96.3 Å². The number of fused-ring (bicyclic) bond motifs is 6. The van der Waals surface area contributed by atoms with Crippen molar-refractivity contribution >= 4 is 43.5 Å². The summed E-state index contributed by atoms with van der Waals surface area (Å²) in [5.41, 5.74) is -0.327. The van der Waals surface area contributed by atoms with Gasteiger partial charge in [0.05, 0.1) is 29.7 Å². The van der Waals surface area contributed by atoms with E-state index in [1.807, 2.05) is 0 Å². The number of hydrogen-bond donors (Lipinski definition) is 2. The number of sulfonamides is 1. The maximum atomic E-state index is 14.2. The van der Waals surface area contributed by atoms with Gasteiger partial charge in [-0.2, -0.15) is 13.2 Å². The van der Waals surface area contributed by atoms with Gasteiger partial charge in [-0.05, 0) is 60.2 Å². The van der Waals surface area contributed by atoms with Gasteiger partial charge in [-0.1, -0.05) is 24.3 Å². The molecule has 0 bridgehead atoms. The molecule has 258 valence electrons. The van der Waals surface area contributed by atoms with Crippen LogP contribution in [0.3, 0.4) is 0 Å². The minimum Gasteiger partial charge on any atom is -0.489 e. The predicted octanol–water partition coefficient (Wildman–Crippen LogP) is 6.97. The Morgan fingerprint density at radius 2 is 1.68 bits per heavy atom. The van der Waals surface area contributed by atoms with Crippen molar-refractivity contribution in [3.63, 3.8) is 0 Å². The Kier molecular flexibility index (Phi) is 7.71. The molecule has 0 radical (unpaired) electrons. The van der Waals surface area contributed by atoms with Crippen LogP contribution in [0.4, 0.5) is 23.2 Å². The summed E-state index contributed by atoms with van der Waals surface area (Å²) in [6.45, 7) is -1.91. The summed E-state index contributed by atoms with van der Waals surface area (Å²) in [6, 6.07) is 21.7. The van der Waals surface area contributed by atoms with Crippen LogP contribution in [0.15, 0.2) is 89.3 Å². The van der Waals surface area contributed by atoms with Crippen LogP contribution in [0.2, 0.25) is 0 Å². The van der Waals surface area contributed by atoms with Gasteiger partial charge in [-0.25, -0.2) is 12.8 Å². The zero-order valence-electron chi connectivity index (χ0n) is 26.8. The fourth-order valence-corrected chi connectivity index (χ4v) is 6.77. The number of furan rings is 1. The fourth-order valence-electron chi connectivity index (χ4n) is 6.26. The van der Waals surface area contributed by atoms with Crippen LogP contribution in [0, 0.1) is 5.82 Å². The lowest BCUT2D eigenvalue weighted by Crippen LogP contribution is -2.53. The average Bonchev–Trinajstić information content (AvgIpc) is 3.62. The molecule has 0 saturated heterocycles. The zero-order valence-corrected chi connectivity index (χ0v) is 27.6. The number of hydrogen-bond acceptors (Lipinski definition) is 6. The maximum absolute atomic E-state index is 14.2. The van der Waals surface area contributed by atoms with Crippen molar-refractivity contribution in [1.29, 1.82) is 0 Å². The average molecular weight is 708 g/mol. The molecule has 14 heteroatoms. The second-order valence-electron chi connectivity index (χ2n) is 12.2. The first-order chi connectivity index (χ1) is 23.6. The van der Waals surface area contributed by atoms with E-state index < -0.39 is 46.7 Å². The third kappa shape index (κ3) is 5.44. The molecule has 1 atom stereocenters. The number of nitrogens with one attached hydrogen (secondary N) is 1. The number of anilines is 1. The Bertz CT molecular complexity index is 2440. The van der Waals surface area contributed by atoms with Gasteiger partial charge in [0.2, 0.25) is 15.6 Å². The van der Waals surface area contributed by atoms with Crippen molar-refractivity contribution in [2.24, 2.45) is 0 Å². The van der Waals surface area contributed by atoms with Gasteiger partial charge in [-0.15, -0.1) is 0 Å². The number of alkyl halides is 3. The van der Waals surface area contributed by atoms with Gasteiger partial charge in [0, 0.05) is 53.1 Å². The molecule has 9 nitrogen and oxygen atoms in total. The lowest BCUT2D eigenvalue weighted by Gasteiger charge is -2.34. The second kappa shape index (κ2) is 11.6. The first-order valence-corrected chi connectivity index (χ1v) is 17.1. The summed E-state index contributed by atoms with van der Waals surface area (Å²) >= 11 is 0. The normalized spacial score (nSPS) is 16.3. The van der Waals surface area contributed by atoms with E-state index in [4.69, 9.17) is 9.15 Å². The molecule has 1 aliphatic rings. The maximum Gasteiger partial charge on any atom is 0.422 e. The SMILES string of the molecule is CNC(=O)c1c(-c2ccc(F)cc2)oc2cc(N(C)S(C)(=O)=O)c(-c3ccc4c(c3)-c3cc5ccccc5n3CC(O)(C(F)(F)F)CO4)cc12. The summed E-state index contributed by atoms with van der Waals surface area (Å²) in [5, 5.41) is 14.4. The molecule has 4 aromatic carbocycles. The molecule has 0 fully saturated rings. The highest BCUT2D eigenvalue weighted by atomic mass is 32.2. The Labute approximate surface area is 283 Å². The van der Waals surface area contributed by atoms with Gasteiger partial charge in [0.25, 0.3) is 5.91 Å². The smallest absolute Gasteiger partial charge is 0.422 e. The van der Waals surface area contributed by atoms with Crippen LogP contribution in [-0.2, 0) is 16.6 Å². The molecule has 2 aromatic heterocycles. The molecule has 1 amide bonds. The minimum absolute atomic E-state index is 0.0623. The lowest BCUT2D eigenvalue weighted by molar-refractivity contribution is -0.273. The van der Waals surface area contributed by atoms with Crippen molar-refractivity contribution in [1.82, 2.24) is 9.88 Å². The number of para-hydroxylation sites is 1. The summed E-state index contributed by atoms with van der Waals surface area (Å²) in [7, 11) is -1.05. The molecule has 3 heterocycles. The number of carbonyl (C=O) groups is 1. The Balaban J connectivity index is 1.50. The quantitative estimate of drug-likeness (QED) is 0.187. The van der Waals surface area contributed by atoms with Crippen LogP contribution in [0.5, 0.6) is 5.75 Å². The fraction of sp³-hybridized carbons (Fsp3) is 0.194. The van der Waals surface area contributed by atoms with Gasteiger partial charge in [0.1, 0.15) is 29.5 Å². The van der Waals surface area contributed by atoms with E-state index in [0.29, 0.717) is 44.2 Å². The minimum atomic E-state index is -5.01. The second-order valence-corrected chi connectivity index (χ2v) is 14.2. The summed E-state index contributed by atoms with van der Waals surface area (Å²) in [5.74, 6) is -0.799. The molecule has 0 spiro atoms. The largest absolute Gasteiger partial charge is 0.489 e. The number of rotatable bonds is 5. The van der Waals surface area contributed by atoms with Gasteiger partial charge in [-0.3, -0.25) is 9.10 Å². The highest BCUT2D eigenvalue weighted by Crippen LogP contribution is 2.46. The van der Waals surface area contributed by atoms with Crippen LogP contribution in [0.1, 0.15) is 10.4 Å². The van der Waals surface area contributed by atoms with Crippen LogP contribution in [0.25, 0.3) is 55.6 Å². The third-order valence-corrected chi connectivity index (χ3v) is 10.2. The van der Waals surface area contributed by atoms with E-state index in [1.54, 1.807) is 48.5 Å². The molecule has 0 saturated carbocycles. The topological polar surface area (TPSA) is 114 Å². The van der Waals surface area contributed by atoms with Crippen molar-refractivity contribution in [2.45, 2.75) is 18.3 Å².